The molecule has 0 aromatic heterocycles. The van der Waals surface area contributed by atoms with Crippen LogP contribution in [0.3, 0.4) is 0 Å². The normalized spacial score (nSPS) is 16.6. The number of hydrazine groups is 1. The van der Waals surface area contributed by atoms with Gasteiger partial charge in [0.15, 0.2) is 0 Å². The largest absolute Gasteiger partial charge is 0.390 e. The van der Waals surface area contributed by atoms with Crippen molar-refractivity contribution in [3.8, 4) is 0 Å². The number of nitrogens with two attached hydrogens (primary N) is 1. The highest BCUT2D eigenvalue weighted by Crippen LogP contribution is 1.98. The van der Waals surface area contributed by atoms with Crippen LogP contribution in [0.15, 0.2) is 0 Å². The van der Waals surface area contributed by atoms with E-state index in [-0.39, 0.29) is 18.0 Å². The molecule has 6 nitrogen and oxygen atoms in total. The first-order chi connectivity index (χ1) is 7.96. The van der Waals surface area contributed by atoms with E-state index >= 15 is 0 Å². The summed E-state index contributed by atoms with van der Waals surface area (Å²) in [6.45, 7) is 6.57. The van der Waals surface area contributed by atoms with E-state index in [9.17, 15) is 9.90 Å². The predicted octanol–water partition coefficient (Wildman–Crippen LogP) is -0.954. The summed E-state index contributed by atoms with van der Waals surface area (Å²) in [5.74, 6) is -0.119. The molecule has 0 spiro atoms. The van der Waals surface area contributed by atoms with E-state index in [0.29, 0.717) is 19.5 Å². The molecule has 0 aliphatic rings. The summed E-state index contributed by atoms with van der Waals surface area (Å²) in [6.07, 6.45) is 0.0738. The Morgan fingerprint density at radius 2 is 2.06 bits per heavy atom. The van der Waals surface area contributed by atoms with E-state index in [1.807, 2.05) is 13.8 Å². The lowest BCUT2D eigenvalue weighted by atomic mass is 10.1. The van der Waals surface area contributed by atoms with Gasteiger partial charge in [0.05, 0.1) is 12.1 Å². The van der Waals surface area contributed by atoms with Crippen molar-refractivity contribution in [3.05, 3.63) is 0 Å². The Morgan fingerprint density at radius 3 is 2.47 bits per heavy atom. The molecule has 102 valence electrons. The Labute approximate surface area is 104 Å². The minimum absolute atomic E-state index is 0.119. The van der Waals surface area contributed by atoms with Crippen molar-refractivity contribution in [1.29, 1.82) is 0 Å². The lowest BCUT2D eigenvalue weighted by Gasteiger charge is -2.27. The van der Waals surface area contributed by atoms with E-state index < -0.39 is 6.10 Å². The van der Waals surface area contributed by atoms with Crippen molar-refractivity contribution in [2.24, 2.45) is 5.73 Å². The lowest BCUT2D eigenvalue weighted by molar-refractivity contribution is -0.128. The lowest BCUT2D eigenvalue weighted by Crippen LogP contribution is -2.53. The monoisotopic (exact) mass is 246 g/mol. The van der Waals surface area contributed by atoms with Gasteiger partial charge in [0.25, 0.3) is 5.91 Å². The minimum Gasteiger partial charge on any atom is -0.390 e. The molecule has 0 aromatic carbocycles. The molecule has 0 fully saturated rings. The number of aliphatic hydroxyl groups is 1. The molecular weight excluding hydrogens is 220 g/mol. The number of likely N-dealkylation sites (N-methyl/N-ethyl adjacent to an activating group) is 2. The zero-order chi connectivity index (χ0) is 13.4. The number of nitrogens with zero attached hydrogens (tertiary/aromatic N) is 1. The average molecular weight is 246 g/mol. The van der Waals surface area contributed by atoms with Crippen LogP contribution in [-0.4, -0.2) is 54.3 Å². The zero-order valence-corrected chi connectivity index (χ0v) is 11.2. The molecule has 0 rings (SSSR count). The van der Waals surface area contributed by atoms with Gasteiger partial charge >= 0.3 is 0 Å². The predicted molar refractivity (Wildman–Crippen MR) is 68.2 cm³/mol. The number of carbonyl (C=O) groups excluding carboxylic acids is 1. The maximum atomic E-state index is 11.6. The fourth-order valence-electron chi connectivity index (χ4n) is 1.27. The molecule has 0 saturated heterocycles. The van der Waals surface area contributed by atoms with E-state index in [1.165, 1.54) is 0 Å². The van der Waals surface area contributed by atoms with Gasteiger partial charge in [-0.2, -0.15) is 0 Å². The van der Waals surface area contributed by atoms with E-state index in [4.69, 9.17) is 5.73 Å². The summed E-state index contributed by atoms with van der Waals surface area (Å²) < 4.78 is 0. The number of amides is 1. The fourth-order valence-corrected chi connectivity index (χ4v) is 1.27. The number of nitrogens with one attached hydrogen (secondary N) is 2. The number of hydrogen-bond acceptors (Lipinski definition) is 5. The first kappa shape index (κ1) is 16.3. The molecule has 0 aliphatic heterocycles. The summed E-state index contributed by atoms with van der Waals surface area (Å²) in [4.78, 5) is 11.6. The Balaban J connectivity index is 4.20. The highest BCUT2D eigenvalue weighted by atomic mass is 16.3. The molecule has 3 unspecified atom stereocenters. The molecular formula is C11H26N4O2. The Hall–Kier alpha value is -0.690. The third-order valence-electron chi connectivity index (χ3n) is 2.85. The topological polar surface area (TPSA) is 90.6 Å². The SMILES string of the molecule is CCC(N)C(O)CN(CC)NC(=O)C(C)NC. The van der Waals surface area contributed by atoms with Gasteiger partial charge in [0.1, 0.15) is 0 Å². The summed E-state index contributed by atoms with van der Waals surface area (Å²) in [5, 5.41) is 14.3. The molecule has 1 amide bonds. The highest BCUT2D eigenvalue weighted by Gasteiger charge is 2.19. The van der Waals surface area contributed by atoms with Crippen LogP contribution in [0.1, 0.15) is 27.2 Å². The smallest absolute Gasteiger partial charge is 0.251 e. The molecule has 0 radical (unpaired) electrons. The van der Waals surface area contributed by atoms with Crippen LogP contribution in [0.2, 0.25) is 0 Å². The molecule has 5 N–H and O–H groups in total. The summed E-state index contributed by atoms with van der Waals surface area (Å²) in [6, 6.07) is -0.524. The van der Waals surface area contributed by atoms with Crippen LogP contribution in [0.5, 0.6) is 0 Å². The quantitative estimate of drug-likeness (QED) is 0.414. The second kappa shape index (κ2) is 8.41. The summed E-state index contributed by atoms with van der Waals surface area (Å²) in [7, 11) is 1.72. The summed E-state index contributed by atoms with van der Waals surface area (Å²) >= 11 is 0. The second-order valence-electron chi connectivity index (χ2n) is 4.16. The summed E-state index contributed by atoms with van der Waals surface area (Å²) in [5.41, 5.74) is 8.48. The van der Waals surface area contributed by atoms with Gasteiger partial charge in [-0.25, -0.2) is 5.01 Å². The van der Waals surface area contributed by atoms with Crippen molar-refractivity contribution >= 4 is 5.91 Å². The minimum atomic E-state index is -0.634. The van der Waals surface area contributed by atoms with Crippen molar-refractivity contribution in [1.82, 2.24) is 15.8 Å². The fraction of sp³-hybridized carbons (Fsp3) is 0.909. The van der Waals surface area contributed by atoms with Gasteiger partial charge in [0.2, 0.25) is 0 Å². The number of carbonyl (C=O) groups is 1. The van der Waals surface area contributed by atoms with E-state index in [2.05, 4.69) is 10.7 Å². The molecule has 0 bridgehead atoms. The van der Waals surface area contributed by atoms with Crippen LogP contribution in [0.25, 0.3) is 0 Å². The van der Waals surface area contributed by atoms with Gasteiger partial charge in [-0.05, 0) is 20.4 Å². The molecule has 0 heterocycles. The molecule has 0 aliphatic carbocycles. The van der Waals surface area contributed by atoms with Crippen LogP contribution >= 0.6 is 0 Å². The second-order valence-corrected chi connectivity index (χ2v) is 4.16. The number of aliphatic hydroxyl groups excluding tert-OH is 1. The molecule has 3 atom stereocenters. The van der Waals surface area contributed by atoms with E-state index in [0.717, 1.165) is 0 Å². The average Bonchev–Trinajstić information content (AvgIpc) is 2.35. The van der Waals surface area contributed by atoms with Crippen LogP contribution in [-0.2, 0) is 4.79 Å². The van der Waals surface area contributed by atoms with Crippen molar-refractivity contribution in [3.63, 3.8) is 0 Å². The van der Waals surface area contributed by atoms with Gasteiger partial charge in [-0.1, -0.05) is 13.8 Å². The molecule has 6 heteroatoms. The third-order valence-corrected chi connectivity index (χ3v) is 2.85. The first-order valence-electron chi connectivity index (χ1n) is 6.12. The highest BCUT2D eigenvalue weighted by molar-refractivity contribution is 5.80. The molecule has 17 heavy (non-hydrogen) atoms. The van der Waals surface area contributed by atoms with Crippen LogP contribution < -0.4 is 16.5 Å². The van der Waals surface area contributed by atoms with Gasteiger partial charge in [-0.15, -0.1) is 0 Å². The van der Waals surface area contributed by atoms with Gasteiger partial charge in [-0.3, -0.25) is 10.2 Å². The third kappa shape index (κ3) is 5.97. The Kier molecular flexibility index (Phi) is 8.07. The van der Waals surface area contributed by atoms with Crippen molar-refractivity contribution in [2.45, 2.75) is 45.4 Å². The van der Waals surface area contributed by atoms with E-state index in [1.54, 1.807) is 19.0 Å². The standard InChI is InChI=1S/C11H26N4O2/c1-5-9(12)10(16)7-15(6-2)14-11(17)8(3)13-4/h8-10,13,16H,5-7,12H2,1-4H3,(H,14,17). The number of hydrogen-bond donors (Lipinski definition) is 4. The Bertz CT molecular complexity index is 226. The van der Waals surface area contributed by atoms with Gasteiger partial charge in [0, 0.05) is 19.1 Å². The van der Waals surface area contributed by atoms with Crippen molar-refractivity contribution < 1.29 is 9.90 Å². The number of rotatable bonds is 8. The molecule has 0 aromatic rings. The first-order valence-corrected chi connectivity index (χ1v) is 6.12. The molecule has 0 saturated carbocycles. The van der Waals surface area contributed by atoms with Crippen LogP contribution in [0.4, 0.5) is 0 Å². The maximum Gasteiger partial charge on any atom is 0.251 e. The maximum absolute atomic E-state index is 11.6. The van der Waals surface area contributed by atoms with Crippen LogP contribution in [0, 0.1) is 0 Å². The van der Waals surface area contributed by atoms with Crippen molar-refractivity contribution in [2.75, 3.05) is 20.1 Å². The zero-order valence-electron chi connectivity index (χ0n) is 11.2. The Morgan fingerprint density at radius 1 is 1.47 bits per heavy atom. The van der Waals surface area contributed by atoms with Gasteiger partial charge < -0.3 is 16.2 Å².